The zero-order valence-electron chi connectivity index (χ0n) is 9.41. The van der Waals surface area contributed by atoms with Gasteiger partial charge in [-0.25, -0.2) is 0 Å². The minimum Gasteiger partial charge on any atom is -0.384 e. The van der Waals surface area contributed by atoms with Gasteiger partial charge in [-0.3, -0.25) is 5.41 Å². The fraction of sp³-hybridized carbons (Fsp3) is 0.417. The molecule has 0 aromatic heterocycles. The third-order valence-corrected chi connectivity index (χ3v) is 4.77. The predicted molar refractivity (Wildman–Crippen MR) is 74.9 cm³/mol. The van der Waals surface area contributed by atoms with Crippen molar-refractivity contribution >= 4 is 33.5 Å². The molecule has 17 heavy (non-hydrogen) atoms. The Hall–Kier alpha value is -0.520. The minimum atomic E-state index is 0.118. The number of halogens is 1. The highest BCUT2D eigenvalue weighted by molar-refractivity contribution is 9.10. The lowest BCUT2D eigenvalue weighted by Crippen LogP contribution is -2.19. The van der Waals surface area contributed by atoms with E-state index in [9.17, 15) is 0 Å². The van der Waals surface area contributed by atoms with Gasteiger partial charge in [0, 0.05) is 33.4 Å². The van der Waals surface area contributed by atoms with E-state index in [4.69, 9.17) is 15.9 Å². The molecular formula is C12H15BrN2OS. The number of nitrogens with two attached hydrogens (primary N) is 1. The molecule has 92 valence electrons. The van der Waals surface area contributed by atoms with Crippen molar-refractivity contribution in [2.45, 2.75) is 23.0 Å². The molecule has 0 spiro atoms. The summed E-state index contributed by atoms with van der Waals surface area (Å²) in [5, 5.41) is 8.21. The first kappa shape index (κ1) is 12.9. The molecule has 0 radical (unpaired) electrons. The fourth-order valence-electron chi connectivity index (χ4n) is 1.84. The number of hydrogen-bond donors (Lipinski definition) is 2. The maximum atomic E-state index is 7.64. The van der Waals surface area contributed by atoms with Gasteiger partial charge < -0.3 is 10.5 Å². The van der Waals surface area contributed by atoms with E-state index in [1.165, 1.54) is 0 Å². The molecule has 3 N–H and O–H groups in total. The number of nitrogen functional groups attached to an aromatic ring is 1. The van der Waals surface area contributed by atoms with E-state index >= 15 is 0 Å². The average molecular weight is 315 g/mol. The highest BCUT2D eigenvalue weighted by atomic mass is 79.9. The fourth-order valence-corrected chi connectivity index (χ4v) is 3.83. The molecule has 1 aliphatic rings. The van der Waals surface area contributed by atoms with Crippen LogP contribution in [0.15, 0.2) is 27.6 Å². The van der Waals surface area contributed by atoms with E-state index in [0.717, 1.165) is 41.0 Å². The summed E-state index contributed by atoms with van der Waals surface area (Å²) >= 11 is 5.26. The zero-order valence-corrected chi connectivity index (χ0v) is 11.8. The summed E-state index contributed by atoms with van der Waals surface area (Å²) < 4.78 is 6.24. The summed E-state index contributed by atoms with van der Waals surface area (Å²) in [5.41, 5.74) is 6.45. The molecule has 2 rings (SSSR count). The molecule has 5 heteroatoms. The molecule has 1 saturated heterocycles. The predicted octanol–water partition coefficient (Wildman–Crippen LogP) is 3.00. The number of amidine groups is 1. The van der Waals surface area contributed by atoms with Gasteiger partial charge in [0.25, 0.3) is 0 Å². The largest absolute Gasteiger partial charge is 0.384 e. The van der Waals surface area contributed by atoms with Gasteiger partial charge in [0.05, 0.1) is 0 Å². The molecule has 0 atom stereocenters. The van der Waals surface area contributed by atoms with E-state index in [0.29, 0.717) is 5.25 Å². The van der Waals surface area contributed by atoms with Crippen LogP contribution in [-0.2, 0) is 4.74 Å². The first-order valence-corrected chi connectivity index (χ1v) is 7.23. The average Bonchev–Trinajstić information content (AvgIpc) is 2.30. The van der Waals surface area contributed by atoms with Crippen molar-refractivity contribution < 1.29 is 4.74 Å². The van der Waals surface area contributed by atoms with Crippen LogP contribution in [0.1, 0.15) is 18.4 Å². The van der Waals surface area contributed by atoms with Gasteiger partial charge in [-0.2, -0.15) is 0 Å². The maximum Gasteiger partial charge on any atom is 0.125 e. The van der Waals surface area contributed by atoms with Crippen molar-refractivity contribution in [1.29, 1.82) is 5.41 Å². The first-order chi connectivity index (χ1) is 8.18. The van der Waals surface area contributed by atoms with Gasteiger partial charge in [-0.1, -0.05) is 6.07 Å². The van der Waals surface area contributed by atoms with E-state index in [1.807, 2.05) is 18.2 Å². The highest BCUT2D eigenvalue weighted by Crippen LogP contribution is 2.34. The molecule has 1 heterocycles. The van der Waals surface area contributed by atoms with E-state index in [1.54, 1.807) is 11.8 Å². The van der Waals surface area contributed by atoms with Crippen molar-refractivity contribution in [2.24, 2.45) is 5.73 Å². The third-order valence-electron chi connectivity index (χ3n) is 2.71. The Bertz CT molecular complexity index is 419. The molecule has 0 bridgehead atoms. The molecule has 0 unspecified atom stereocenters. The van der Waals surface area contributed by atoms with Crippen LogP contribution >= 0.6 is 27.7 Å². The zero-order chi connectivity index (χ0) is 12.3. The van der Waals surface area contributed by atoms with Gasteiger partial charge >= 0.3 is 0 Å². The maximum absolute atomic E-state index is 7.64. The van der Waals surface area contributed by atoms with E-state index in [2.05, 4.69) is 15.9 Å². The second kappa shape index (κ2) is 5.89. The Morgan fingerprint density at radius 3 is 2.76 bits per heavy atom. The van der Waals surface area contributed by atoms with Crippen LogP contribution in [0.25, 0.3) is 0 Å². The topological polar surface area (TPSA) is 59.1 Å². The smallest absolute Gasteiger partial charge is 0.125 e. The van der Waals surface area contributed by atoms with Gasteiger partial charge in [-0.05, 0) is 40.9 Å². The van der Waals surface area contributed by atoms with Crippen LogP contribution in [0.5, 0.6) is 0 Å². The Labute approximate surface area is 114 Å². The van der Waals surface area contributed by atoms with Gasteiger partial charge in [0.2, 0.25) is 0 Å². The highest BCUT2D eigenvalue weighted by Gasteiger charge is 2.18. The molecule has 1 fully saturated rings. The normalized spacial score (nSPS) is 17.0. The van der Waals surface area contributed by atoms with Crippen LogP contribution in [0.2, 0.25) is 0 Å². The number of ether oxygens (including phenoxy) is 1. The first-order valence-electron chi connectivity index (χ1n) is 5.56. The Kier molecular flexibility index (Phi) is 4.48. The standard InChI is InChI=1S/C12H15BrN2OS/c13-9-2-1-3-10(11(9)12(14)15)17-8-4-6-16-7-5-8/h1-3,8H,4-7H2,(H3,14,15). The molecule has 0 amide bonds. The number of nitrogens with one attached hydrogen (secondary N) is 1. The van der Waals surface area contributed by atoms with Crippen molar-refractivity contribution in [2.75, 3.05) is 13.2 Å². The summed E-state index contributed by atoms with van der Waals surface area (Å²) in [6.07, 6.45) is 2.13. The monoisotopic (exact) mass is 314 g/mol. The van der Waals surface area contributed by atoms with Gasteiger partial charge in [0.1, 0.15) is 5.84 Å². The van der Waals surface area contributed by atoms with Crippen LogP contribution in [0.4, 0.5) is 0 Å². The molecule has 0 aliphatic carbocycles. The summed E-state index contributed by atoms with van der Waals surface area (Å²) in [4.78, 5) is 1.08. The summed E-state index contributed by atoms with van der Waals surface area (Å²) in [5.74, 6) is 0.118. The van der Waals surface area contributed by atoms with Crippen LogP contribution in [0, 0.1) is 5.41 Å². The summed E-state index contributed by atoms with van der Waals surface area (Å²) in [6, 6.07) is 5.94. The lowest BCUT2D eigenvalue weighted by molar-refractivity contribution is 0.100. The van der Waals surface area contributed by atoms with E-state index in [-0.39, 0.29) is 5.84 Å². The van der Waals surface area contributed by atoms with Gasteiger partial charge in [0.15, 0.2) is 0 Å². The quantitative estimate of drug-likeness (QED) is 0.666. The van der Waals surface area contributed by atoms with Gasteiger partial charge in [-0.15, -0.1) is 11.8 Å². The molecule has 3 nitrogen and oxygen atoms in total. The van der Waals surface area contributed by atoms with E-state index < -0.39 is 0 Å². The number of rotatable bonds is 3. The van der Waals surface area contributed by atoms with Crippen molar-refractivity contribution in [3.8, 4) is 0 Å². The molecule has 1 aromatic carbocycles. The number of benzene rings is 1. The SMILES string of the molecule is N=C(N)c1c(Br)cccc1SC1CCOCC1. The number of thioether (sulfide) groups is 1. The van der Waals surface area contributed by atoms with Crippen LogP contribution in [-0.4, -0.2) is 24.3 Å². The third kappa shape index (κ3) is 3.24. The summed E-state index contributed by atoms with van der Waals surface area (Å²) in [7, 11) is 0. The molecule has 1 aliphatic heterocycles. The van der Waals surface area contributed by atoms with Crippen LogP contribution < -0.4 is 5.73 Å². The summed E-state index contributed by atoms with van der Waals surface area (Å²) in [6.45, 7) is 1.67. The number of hydrogen-bond acceptors (Lipinski definition) is 3. The lowest BCUT2D eigenvalue weighted by Gasteiger charge is -2.22. The van der Waals surface area contributed by atoms with Crippen molar-refractivity contribution in [3.63, 3.8) is 0 Å². The molecule has 1 aromatic rings. The Morgan fingerprint density at radius 1 is 1.41 bits per heavy atom. The second-order valence-corrected chi connectivity index (χ2v) is 6.15. The van der Waals surface area contributed by atoms with Crippen molar-refractivity contribution in [3.05, 3.63) is 28.2 Å². The van der Waals surface area contributed by atoms with Crippen molar-refractivity contribution in [1.82, 2.24) is 0 Å². The minimum absolute atomic E-state index is 0.118. The Morgan fingerprint density at radius 2 is 2.12 bits per heavy atom. The Balaban J connectivity index is 2.19. The lowest BCUT2D eigenvalue weighted by atomic mass is 10.2. The van der Waals surface area contributed by atoms with Crippen LogP contribution in [0.3, 0.4) is 0 Å². The molecular weight excluding hydrogens is 300 g/mol. The second-order valence-electron chi connectivity index (χ2n) is 3.96. The molecule has 0 saturated carbocycles.